The van der Waals surface area contributed by atoms with Gasteiger partial charge in [0.15, 0.2) is 0 Å². The number of rotatable bonds is 4. The van der Waals surface area contributed by atoms with Crippen LogP contribution in [0.4, 0.5) is 5.69 Å². The monoisotopic (exact) mass is 391 g/mol. The molecule has 26 heavy (non-hydrogen) atoms. The normalized spacial score (nSPS) is 29.5. The minimum atomic E-state index is -2.40. The highest BCUT2D eigenvalue weighted by Gasteiger charge is 2.26. The van der Waals surface area contributed by atoms with E-state index in [2.05, 4.69) is 10.3 Å². The molecular weight excluding hydrogens is 362 g/mol. The smallest absolute Gasteiger partial charge is 0.131 e. The van der Waals surface area contributed by atoms with Gasteiger partial charge in [-0.15, -0.1) is 11.3 Å². The predicted molar refractivity (Wildman–Crippen MR) is 112 cm³/mol. The number of nitrogens with one attached hydrogen (secondary N) is 1. The average molecular weight is 392 g/mol. The summed E-state index contributed by atoms with van der Waals surface area (Å²) < 4.78 is 67.1. The van der Waals surface area contributed by atoms with Crippen LogP contribution in [0.1, 0.15) is 45.6 Å². The topological polar surface area (TPSA) is 50.9 Å². The molecule has 0 unspecified atom stereocenters. The second kappa shape index (κ2) is 7.39. The van der Waals surface area contributed by atoms with Crippen LogP contribution < -0.4 is 11.1 Å². The summed E-state index contributed by atoms with van der Waals surface area (Å²) in [6.07, 6.45) is -4.78. The van der Waals surface area contributed by atoms with Gasteiger partial charge in [0.05, 0.1) is 21.4 Å². The summed E-state index contributed by atoms with van der Waals surface area (Å²) in [6.45, 7) is -0.267. The highest BCUT2D eigenvalue weighted by Crippen LogP contribution is 2.42. The van der Waals surface area contributed by atoms with Gasteiger partial charge in [-0.3, -0.25) is 0 Å². The van der Waals surface area contributed by atoms with Crippen molar-refractivity contribution in [2.45, 2.75) is 38.1 Å². The molecule has 1 aliphatic rings. The first-order valence-electron chi connectivity index (χ1n) is 12.1. The molecule has 0 amide bonds. The van der Waals surface area contributed by atoms with E-state index in [4.69, 9.17) is 28.3 Å². The van der Waals surface area contributed by atoms with Crippen LogP contribution in [0.3, 0.4) is 0 Å². The second-order valence-corrected chi connectivity index (χ2v) is 7.36. The molecule has 0 saturated heterocycles. The number of fused-ring (bicyclic) bond motifs is 1. The fraction of sp³-hybridized carbons (Fsp3) is 0.286. The van der Waals surface area contributed by atoms with Crippen molar-refractivity contribution in [3.05, 3.63) is 69.7 Å². The van der Waals surface area contributed by atoms with Gasteiger partial charge in [-0.2, -0.15) is 0 Å². The number of aromatic nitrogens is 1. The van der Waals surface area contributed by atoms with E-state index in [0.29, 0.717) is 31.9 Å². The standard InChI is InChI=1S/C21H22ClN3S/c1-13-19-21(26-20(13)15-9-5-6-10-16(15)23)17(11-18(22)25-19)24-12-14-7-3-2-4-8-14/h2-8,11,15-16H,9-10,12,23H2,1H3,(H,24,25)/t15-,16-/m0/s1/i5D,6D,9D2,10D2,12D2. The highest BCUT2D eigenvalue weighted by atomic mass is 35.5. The van der Waals surface area contributed by atoms with Crippen molar-refractivity contribution in [1.82, 2.24) is 4.98 Å². The Balaban J connectivity index is 1.89. The maximum Gasteiger partial charge on any atom is 0.131 e. The minimum absolute atomic E-state index is 0.104. The summed E-state index contributed by atoms with van der Waals surface area (Å²) in [5.41, 5.74) is 7.86. The Bertz CT molecular complexity index is 1290. The molecule has 0 spiro atoms. The van der Waals surface area contributed by atoms with Gasteiger partial charge in [0, 0.05) is 34.9 Å². The molecule has 5 heteroatoms. The van der Waals surface area contributed by atoms with E-state index in [1.54, 1.807) is 37.3 Å². The highest BCUT2D eigenvalue weighted by molar-refractivity contribution is 7.20. The van der Waals surface area contributed by atoms with Crippen molar-refractivity contribution >= 4 is 38.8 Å². The largest absolute Gasteiger partial charge is 0.380 e. The SMILES string of the molecule is [2H]C1=C([2H])C([2H])([2H])[C@H](c2sc3c(NC([2H])([2H])c4ccccc4)cc(Cl)nc3c2C)[C@@H](N)C1([2H])[2H]. The van der Waals surface area contributed by atoms with E-state index in [1.807, 2.05) is 0 Å². The number of hydrogen-bond donors (Lipinski definition) is 2. The van der Waals surface area contributed by atoms with Crippen LogP contribution in [-0.4, -0.2) is 11.0 Å². The van der Waals surface area contributed by atoms with Crippen LogP contribution in [0.25, 0.3) is 10.2 Å². The Morgan fingerprint density at radius 3 is 2.96 bits per heavy atom. The van der Waals surface area contributed by atoms with Crippen LogP contribution in [0, 0.1) is 6.92 Å². The molecule has 2 atom stereocenters. The molecule has 0 saturated carbocycles. The number of aryl methyl sites for hydroxylation is 1. The van der Waals surface area contributed by atoms with Gasteiger partial charge in [-0.05, 0) is 30.8 Å². The quantitative estimate of drug-likeness (QED) is 0.447. The van der Waals surface area contributed by atoms with E-state index >= 15 is 0 Å². The molecule has 3 nitrogen and oxygen atoms in total. The van der Waals surface area contributed by atoms with Crippen molar-refractivity contribution in [1.29, 1.82) is 0 Å². The Kier molecular flexibility index (Phi) is 2.97. The number of nitrogens with zero attached hydrogens (tertiary/aromatic N) is 1. The molecule has 134 valence electrons. The zero-order valence-corrected chi connectivity index (χ0v) is 15.5. The summed E-state index contributed by atoms with van der Waals surface area (Å²) in [5.74, 6) is -1.25. The van der Waals surface area contributed by atoms with Crippen molar-refractivity contribution in [2.24, 2.45) is 5.73 Å². The van der Waals surface area contributed by atoms with Crippen molar-refractivity contribution in [3.63, 3.8) is 0 Å². The number of pyridine rings is 1. The number of hydrogen-bond acceptors (Lipinski definition) is 4. The Morgan fingerprint density at radius 2 is 2.15 bits per heavy atom. The molecule has 3 aromatic rings. The van der Waals surface area contributed by atoms with Crippen LogP contribution in [-0.2, 0) is 6.50 Å². The number of anilines is 1. The average Bonchev–Trinajstić information content (AvgIpc) is 3.08. The molecule has 1 aliphatic carbocycles. The first-order chi connectivity index (χ1) is 15.7. The van der Waals surface area contributed by atoms with Crippen molar-refractivity contribution < 1.29 is 11.0 Å². The van der Waals surface area contributed by atoms with E-state index in [0.717, 1.165) is 11.3 Å². The Hall–Kier alpha value is -1.88. The summed E-state index contributed by atoms with van der Waals surface area (Å²) in [6, 6.07) is 7.09. The van der Waals surface area contributed by atoms with E-state index < -0.39 is 43.3 Å². The third-order valence-corrected chi connectivity index (χ3v) is 5.76. The van der Waals surface area contributed by atoms with Gasteiger partial charge in [0.2, 0.25) is 0 Å². The maximum absolute atomic E-state index is 8.53. The number of halogens is 1. The van der Waals surface area contributed by atoms with Crippen molar-refractivity contribution in [2.75, 3.05) is 5.32 Å². The molecule has 0 fully saturated rings. The fourth-order valence-electron chi connectivity index (χ4n) is 2.85. The molecule has 2 aromatic heterocycles. The number of thiophene rings is 1. The molecule has 1 aromatic carbocycles. The Labute approximate surface area is 174 Å². The zero-order valence-electron chi connectivity index (χ0n) is 21.9. The molecule has 2 heterocycles. The predicted octanol–water partition coefficient (Wildman–Crippen LogP) is 5.63. The molecule has 4 rings (SSSR count). The zero-order chi connectivity index (χ0) is 25.2. The molecule has 3 N–H and O–H groups in total. The molecular formula is C21H22ClN3S. The van der Waals surface area contributed by atoms with Gasteiger partial charge in [-0.1, -0.05) is 54.0 Å². The van der Waals surface area contributed by atoms with E-state index in [9.17, 15) is 0 Å². The van der Waals surface area contributed by atoms with E-state index in [-0.39, 0.29) is 5.15 Å². The van der Waals surface area contributed by atoms with Crippen LogP contribution in [0.5, 0.6) is 0 Å². The summed E-state index contributed by atoms with van der Waals surface area (Å²) in [7, 11) is 0. The molecule has 0 aliphatic heterocycles. The third kappa shape index (κ3) is 3.37. The Morgan fingerprint density at radius 1 is 1.38 bits per heavy atom. The lowest BCUT2D eigenvalue weighted by Crippen LogP contribution is -2.29. The van der Waals surface area contributed by atoms with Gasteiger partial charge in [-0.25, -0.2) is 4.98 Å². The number of allylic oxidation sites excluding steroid dienone is 1. The maximum atomic E-state index is 8.53. The van der Waals surface area contributed by atoms with Gasteiger partial charge >= 0.3 is 0 Å². The lowest BCUT2D eigenvalue weighted by molar-refractivity contribution is 0.526. The van der Waals surface area contributed by atoms with Crippen LogP contribution >= 0.6 is 22.9 Å². The van der Waals surface area contributed by atoms with Gasteiger partial charge in [0.25, 0.3) is 0 Å². The molecule has 0 radical (unpaired) electrons. The minimum Gasteiger partial charge on any atom is -0.380 e. The first-order valence-corrected chi connectivity index (χ1v) is 9.26. The second-order valence-electron chi connectivity index (χ2n) is 5.92. The fourth-order valence-corrected chi connectivity index (χ4v) is 4.36. The summed E-state index contributed by atoms with van der Waals surface area (Å²) >= 11 is 7.36. The van der Waals surface area contributed by atoms with E-state index in [1.165, 1.54) is 6.07 Å². The summed E-state index contributed by atoms with van der Waals surface area (Å²) in [5, 5.41) is 2.97. The molecule has 0 bridgehead atoms. The van der Waals surface area contributed by atoms with Crippen LogP contribution in [0.15, 0.2) is 48.5 Å². The number of nitrogens with two attached hydrogens (primary N) is 1. The first kappa shape index (κ1) is 10.5. The van der Waals surface area contributed by atoms with Gasteiger partial charge < -0.3 is 11.1 Å². The van der Waals surface area contributed by atoms with Crippen LogP contribution in [0.2, 0.25) is 5.15 Å². The van der Waals surface area contributed by atoms with Crippen molar-refractivity contribution in [3.8, 4) is 0 Å². The summed E-state index contributed by atoms with van der Waals surface area (Å²) in [4.78, 5) is 4.74. The third-order valence-electron chi connectivity index (χ3n) is 4.16. The lowest BCUT2D eigenvalue weighted by atomic mass is 9.87. The van der Waals surface area contributed by atoms with Gasteiger partial charge in [0.1, 0.15) is 5.15 Å². The number of benzene rings is 1. The lowest BCUT2D eigenvalue weighted by Gasteiger charge is -2.24.